The molecule has 0 aliphatic carbocycles. The van der Waals surface area contributed by atoms with Gasteiger partial charge in [-0.05, 0) is 48.9 Å². The molecule has 234 valence electrons. The van der Waals surface area contributed by atoms with E-state index in [4.69, 9.17) is 4.74 Å². The maximum absolute atomic E-state index is 15.0. The largest absolute Gasteiger partial charge is 0.432 e. The lowest BCUT2D eigenvalue weighted by Gasteiger charge is -2.20. The van der Waals surface area contributed by atoms with Crippen LogP contribution in [-0.2, 0) is 16.1 Å². The molecule has 4 aromatic rings. The maximum Gasteiger partial charge on any atom is 0.387 e. The Morgan fingerprint density at radius 2 is 1.93 bits per heavy atom. The molecule has 0 atom stereocenters. The predicted octanol–water partition coefficient (Wildman–Crippen LogP) is 6.28. The molecule has 1 fully saturated rings. The molecule has 10 nitrogen and oxygen atoms in total. The lowest BCUT2D eigenvalue weighted by Crippen LogP contribution is -2.31. The summed E-state index contributed by atoms with van der Waals surface area (Å²) in [6, 6.07) is 11.3. The summed E-state index contributed by atoms with van der Waals surface area (Å²) in [7, 11) is 0. The van der Waals surface area contributed by atoms with Gasteiger partial charge in [-0.1, -0.05) is 23.9 Å². The Labute approximate surface area is 256 Å². The van der Waals surface area contributed by atoms with Crippen molar-refractivity contribution in [1.82, 2.24) is 14.8 Å². The Kier molecular flexibility index (Phi) is 9.73. The van der Waals surface area contributed by atoms with Gasteiger partial charge in [0.05, 0.1) is 36.0 Å². The van der Waals surface area contributed by atoms with Crippen LogP contribution in [0.25, 0.3) is 17.1 Å². The van der Waals surface area contributed by atoms with Crippen molar-refractivity contribution in [3.05, 3.63) is 83.7 Å². The van der Waals surface area contributed by atoms with Gasteiger partial charge in [-0.15, -0.1) is 5.10 Å². The van der Waals surface area contributed by atoms with Crippen molar-refractivity contribution in [3.8, 4) is 22.8 Å². The van der Waals surface area contributed by atoms with Gasteiger partial charge in [0.15, 0.2) is 22.6 Å². The Balaban J connectivity index is 1.31. The summed E-state index contributed by atoms with van der Waals surface area (Å²) in [6.45, 7) is -2.10. The smallest absolute Gasteiger partial charge is 0.387 e. The number of amides is 3. The number of aliphatic imine (C=N–C) groups is 1. The zero-order valence-electron chi connectivity index (χ0n) is 23.3. The number of carbonyl (C=O) groups is 2. The number of nitrogens with one attached hydrogen (secondary N) is 1. The van der Waals surface area contributed by atoms with E-state index in [1.54, 1.807) is 12.1 Å². The molecule has 1 saturated heterocycles. The summed E-state index contributed by atoms with van der Waals surface area (Å²) in [5.41, 5.74) is 2.04. The standard InChI is InChI=1S/C29H23F5N6O4S/c1-16-2-3-18(13-43-9-8-30)23(10-16)40-25(41)14-45-29(40)37-28(42)36-22-6-4-17(11-20(22)31)26-35-15-39(38-26)19-5-7-24(21(32)12-19)44-27(33)34/h2-7,10-12,15,27H,8-9,13-14H2,1H3,(H,36,42)/b37-29-. The van der Waals surface area contributed by atoms with Crippen LogP contribution in [0.4, 0.5) is 38.1 Å². The van der Waals surface area contributed by atoms with Gasteiger partial charge in [0.25, 0.3) is 0 Å². The third-order valence-corrected chi connectivity index (χ3v) is 7.20. The second-order valence-electron chi connectivity index (χ2n) is 9.42. The van der Waals surface area contributed by atoms with Gasteiger partial charge in [0.1, 0.15) is 18.8 Å². The molecule has 45 heavy (non-hydrogen) atoms. The first-order valence-corrected chi connectivity index (χ1v) is 14.2. The van der Waals surface area contributed by atoms with Crippen LogP contribution in [-0.4, -0.2) is 57.5 Å². The Bertz CT molecular complexity index is 1770. The van der Waals surface area contributed by atoms with Crippen LogP contribution in [0.5, 0.6) is 5.75 Å². The van der Waals surface area contributed by atoms with Crippen LogP contribution in [0.1, 0.15) is 11.1 Å². The van der Waals surface area contributed by atoms with Gasteiger partial charge in [-0.3, -0.25) is 9.69 Å². The highest BCUT2D eigenvalue weighted by Gasteiger charge is 2.32. The number of ether oxygens (including phenoxy) is 2. The first kappa shape index (κ1) is 31.6. The molecular weight excluding hydrogens is 623 g/mol. The molecule has 5 rings (SSSR count). The molecule has 0 unspecified atom stereocenters. The van der Waals surface area contributed by atoms with Crippen molar-refractivity contribution >= 4 is 40.2 Å². The van der Waals surface area contributed by atoms with Gasteiger partial charge in [0.2, 0.25) is 5.91 Å². The van der Waals surface area contributed by atoms with Gasteiger partial charge in [-0.2, -0.15) is 13.8 Å². The molecule has 0 radical (unpaired) electrons. The number of carbonyl (C=O) groups excluding carboxylic acids is 2. The minimum absolute atomic E-state index is 0.0216. The number of hydrogen-bond acceptors (Lipinski definition) is 7. The van der Waals surface area contributed by atoms with Crippen LogP contribution in [0.15, 0.2) is 65.9 Å². The van der Waals surface area contributed by atoms with Crippen molar-refractivity contribution in [2.45, 2.75) is 20.1 Å². The number of aryl methyl sites for hydroxylation is 1. The monoisotopic (exact) mass is 646 g/mol. The van der Waals surface area contributed by atoms with Gasteiger partial charge in [0, 0.05) is 17.2 Å². The fourth-order valence-electron chi connectivity index (χ4n) is 4.25. The van der Waals surface area contributed by atoms with E-state index in [0.717, 1.165) is 40.2 Å². The molecule has 3 amide bonds. The number of hydrogen-bond donors (Lipinski definition) is 1. The lowest BCUT2D eigenvalue weighted by molar-refractivity contribution is -0.115. The highest BCUT2D eigenvalue weighted by atomic mass is 32.2. The van der Waals surface area contributed by atoms with E-state index in [-0.39, 0.29) is 52.8 Å². The van der Waals surface area contributed by atoms with E-state index in [0.29, 0.717) is 11.3 Å². The summed E-state index contributed by atoms with van der Waals surface area (Å²) in [5.74, 6) is -2.76. The third kappa shape index (κ3) is 7.46. The highest BCUT2D eigenvalue weighted by Crippen LogP contribution is 2.32. The zero-order chi connectivity index (χ0) is 32.1. The fraction of sp³-hybridized carbons (Fsp3) is 0.207. The van der Waals surface area contributed by atoms with Crippen molar-refractivity contribution in [3.63, 3.8) is 0 Å². The van der Waals surface area contributed by atoms with Gasteiger partial charge in [-0.25, -0.2) is 27.6 Å². The first-order valence-electron chi connectivity index (χ1n) is 13.2. The number of benzene rings is 3. The summed E-state index contributed by atoms with van der Waals surface area (Å²) >= 11 is 1.03. The molecule has 16 heteroatoms. The molecular formula is C29H23F5N6O4S. The van der Waals surface area contributed by atoms with Crippen LogP contribution in [0, 0.1) is 18.6 Å². The van der Waals surface area contributed by atoms with E-state index in [9.17, 15) is 27.2 Å². The molecule has 0 saturated carbocycles. The summed E-state index contributed by atoms with van der Waals surface area (Å²) in [4.78, 5) is 34.9. The second kappa shape index (κ2) is 13.9. The van der Waals surface area contributed by atoms with E-state index >= 15 is 4.39 Å². The Morgan fingerprint density at radius 3 is 2.67 bits per heavy atom. The van der Waals surface area contributed by atoms with Crippen LogP contribution >= 0.6 is 11.8 Å². The number of thioether (sulfide) groups is 1. The fourth-order valence-corrected chi connectivity index (χ4v) is 5.11. The maximum atomic E-state index is 15.0. The number of nitrogens with zero attached hydrogens (tertiary/aromatic N) is 5. The summed E-state index contributed by atoms with van der Waals surface area (Å²) < 4.78 is 77.0. The molecule has 1 aliphatic rings. The SMILES string of the molecule is Cc1ccc(COCCF)c(N2C(=O)CS/C2=N\C(=O)Nc2ccc(-c3ncn(-c4ccc(OC(F)F)c(F)c4)n3)cc2F)c1. The van der Waals surface area contributed by atoms with Crippen LogP contribution < -0.4 is 15.0 Å². The zero-order valence-corrected chi connectivity index (χ0v) is 24.2. The molecule has 1 aromatic heterocycles. The number of aromatic nitrogens is 3. The van der Waals surface area contributed by atoms with E-state index in [1.807, 2.05) is 13.0 Å². The predicted molar refractivity (Wildman–Crippen MR) is 157 cm³/mol. The number of rotatable bonds is 10. The summed E-state index contributed by atoms with van der Waals surface area (Å²) in [6.07, 6.45) is 1.22. The average Bonchev–Trinajstić information content (AvgIpc) is 3.63. The number of alkyl halides is 3. The number of anilines is 2. The normalized spacial score (nSPS) is 14.1. The first-order chi connectivity index (χ1) is 21.6. The summed E-state index contributed by atoms with van der Waals surface area (Å²) in [5, 5.41) is 6.60. The molecule has 0 spiro atoms. The number of urea groups is 1. The minimum Gasteiger partial charge on any atom is -0.432 e. The average molecular weight is 647 g/mol. The molecule has 3 aromatic carbocycles. The van der Waals surface area contributed by atoms with Crippen molar-refractivity contribution < 1.29 is 41.0 Å². The topological polar surface area (TPSA) is 111 Å². The minimum atomic E-state index is -3.19. The van der Waals surface area contributed by atoms with Crippen molar-refractivity contribution in [2.24, 2.45) is 4.99 Å². The van der Waals surface area contributed by atoms with Crippen LogP contribution in [0.2, 0.25) is 0 Å². The van der Waals surface area contributed by atoms with E-state index < -0.39 is 36.7 Å². The number of halogens is 5. The Hall–Kier alpha value is -4.83. The highest BCUT2D eigenvalue weighted by molar-refractivity contribution is 8.15. The van der Waals surface area contributed by atoms with E-state index in [1.165, 1.54) is 29.4 Å². The molecule has 1 N–H and O–H groups in total. The van der Waals surface area contributed by atoms with Crippen molar-refractivity contribution in [1.29, 1.82) is 0 Å². The lowest BCUT2D eigenvalue weighted by atomic mass is 10.1. The second-order valence-corrected chi connectivity index (χ2v) is 10.4. The van der Waals surface area contributed by atoms with Gasteiger partial charge >= 0.3 is 12.6 Å². The molecule has 0 bridgehead atoms. The third-order valence-electron chi connectivity index (χ3n) is 6.28. The molecule has 1 aliphatic heterocycles. The van der Waals surface area contributed by atoms with Crippen molar-refractivity contribution in [2.75, 3.05) is 29.3 Å². The Morgan fingerprint density at radius 1 is 1.11 bits per heavy atom. The molecule has 2 heterocycles. The quantitative estimate of drug-likeness (QED) is 0.160. The van der Waals surface area contributed by atoms with E-state index in [2.05, 4.69) is 25.1 Å². The number of amidine groups is 1. The van der Waals surface area contributed by atoms with Crippen LogP contribution in [0.3, 0.4) is 0 Å². The van der Waals surface area contributed by atoms with Gasteiger partial charge < -0.3 is 14.8 Å².